The van der Waals surface area contributed by atoms with Crippen LogP contribution in [0.3, 0.4) is 0 Å². The van der Waals surface area contributed by atoms with Crippen molar-refractivity contribution >= 4 is 28.1 Å². The minimum absolute atomic E-state index is 0.279. The molecule has 0 spiro atoms. The first-order chi connectivity index (χ1) is 13.8. The zero-order valence-corrected chi connectivity index (χ0v) is 17.0. The summed E-state index contributed by atoms with van der Waals surface area (Å²) < 4.78 is 50.8. The number of halogens is 4. The van der Waals surface area contributed by atoms with Crippen LogP contribution in [0.1, 0.15) is 28.4 Å². The number of amides is 1. The number of benzene rings is 2. The third kappa shape index (κ3) is 6.08. The molecule has 1 amide bonds. The third-order valence-electron chi connectivity index (χ3n) is 3.53. The molecule has 0 aromatic heterocycles. The maximum absolute atomic E-state index is 13.0. The van der Waals surface area contributed by atoms with E-state index in [1.165, 1.54) is 18.3 Å². The van der Waals surface area contributed by atoms with Gasteiger partial charge in [-0.3, -0.25) is 4.79 Å². The van der Waals surface area contributed by atoms with Crippen molar-refractivity contribution in [1.29, 1.82) is 0 Å². The van der Waals surface area contributed by atoms with Crippen LogP contribution in [-0.2, 0) is 6.18 Å². The average molecular weight is 471 g/mol. The van der Waals surface area contributed by atoms with Crippen LogP contribution in [0.25, 0.3) is 0 Å². The molecule has 1 N–H and O–H groups in total. The lowest BCUT2D eigenvalue weighted by Crippen LogP contribution is -2.22. The van der Waals surface area contributed by atoms with Gasteiger partial charge in [0.2, 0.25) is 0 Å². The minimum Gasteiger partial charge on any atom is -0.490 e. The van der Waals surface area contributed by atoms with Crippen LogP contribution >= 0.6 is 15.9 Å². The molecule has 2 aromatic rings. The Morgan fingerprint density at radius 2 is 2.00 bits per heavy atom. The summed E-state index contributed by atoms with van der Waals surface area (Å²) in [6.45, 7) is 6.07. The van der Waals surface area contributed by atoms with Crippen LogP contribution in [-0.4, -0.2) is 25.3 Å². The molecule has 0 bridgehead atoms. The van der Waals surface area contributed by atoms with E-state index >= 15 is 0 Å². The van der Waals surface area contributed by atoms with Crippen LogP contribution < -0.4 is 14.9 Å². The molecule has 2 aromatic carbocycles. The quantitative estimate of drug-likeness (QED) is 0.327. The molecule has 0 radical (unpaired) electrons. The van der Waals surface area contributed by atoms with Crippen molar-refractivity contribution in [2.45, 2.75) is 13.1 Å². The van der Waals surface area contributed by atoms with Gasteiger partial charge in [0.1, 0.15) is 6.61 Å². The highest BCUT2D eigenvalue weighted by molar-refractivity contribution is 9.10. The van der Waals surface area contributed by atoms with Crippen LogP contribution in [0.2, 0.25) is 0 Å². The van der Waals surface area contributed by atoms with Crippen LogP contribution in [0.4, 0.5) is 13.2 Å². The molecule has 0 aliphatic carbocycles. The standard InChI is InChI=1S/C20H18BrF3N2O3/c1-3-9-29-18-16(21)10-13(11-17(18)28-4-2)12-25-26-19(27)14-7-5-6-8-15(14)20(22,23)24/h3,5-8,10-12H,1,4,9H2,2H3,(H,26,27)/b25-12+. The van der Waals surface area contributed by atoms with Gasteiger partial charge in [0.25, 0.3) is 5.91 Å². The second kappa shape index (κ2) is 10.1. The number of nitrogens with one attached hydrogen (secondary N) is 1. The van der Waals surface area contributed by atoms with Gasteiger partial charge < -0.3 is 9.47 Å². The first kappa shape index (κ1) is 22.5. The normalized spacial score (nSPS) is 11.3. The zero-order chi connectivity index (χ0) is 21.4. The Morgan fingerprint density at radius 1 is 1.28 bits per heavy atom. The number of rotatable bonds is 8. The third-order valence-corrected chi connectivity index (χ3v) is 4.12. The van der Waals surface area contributed by atoms with Crippen molar-refractivity contribution in [2.75, 3.05) is 13.2 Å². The Hall–Kier alpha value is -2.81. The molecule has 2 rings (SSSR count). The summed E-state index contributed by atoms with van der Waals surface area (Å²) in [5.41, 5.74) is 1.10. The average Bonchev–Trinajstić information content (AvgIpc) is 2.67. The summed E-state index contributed by atoms with van der Waals surface area (Å²) in [4.78, 5) is 12.1. The molecule has 0 atom stereocenters. The van der Waals surface area contributed by atoms with E-state index in [9.17, 15) is 18.0 Å². The SMILES string of the molecule is C=CCOc1c(Br)cc(/C=N/NC(=O)c2ccccc2C(F)(F)F)cc1OCC. The van der Waals surface area contributed by atoms with E-state index in [2.05, 4.69) is 33.0 Å². The Morgan fingerprint density at radius 3 is 2.66 bits per heavy atom. The first-order valence-corrected chi connectivity index (χ1v) is 9.26. The van der Waals surface area contributed by atoms with Crippen LogP contribution in [0.15, 0.2) is 58.6 Å². The van der Waals surface area contributed by atoms with Gasteiger partial charge in [-0.2, -0.15) is 18.3 Å². The van der Waals surface area contributed by atoms with E-state index in [0.717, 1.165) is 12.1 Å². The maximum atomic E-state index is 13.0. The van der Waals surface area contributed by atoms with E-state index in [1.807, 2.05) is 6.92 Å². The van der Waals surface area contributed by atoms with Gasteiger partial charge in [-0.05, 0) is 52.7 Å². The predicted molar refractivity (Wildman–Crippen MR) is 108 cm³/mol. The van der Waals surface area contributed by atoms with E-state index in [1.54, 1.807) is 18.2 Å². The molecule has 0 unspecified atom stereocenters. The smallest absolute Gasteiger partial charge is 0.417 e. The molecular weight excluding hydrogens is 453 g/mol. The number of carbonyl (C=O) groups excluding carboxylic acids is 1. The summed E-state index contributed by atoms with van der Waals surface area (Å²) in [5.74, 6) is -0.0461. The lowest BCUT2D eigenvalue weighted by molar-refractivity contribution is -0.137. The molecule has 29 heavy (non-hydrogen) atoms. The summed E-state index contributed by atoms with van der Waals surface area (Å²) in [6, 6.07) is 7.79. The zero-order valence-electron chi connectivity index (χ0n) is 15.4. The highest BCUT2D eigenvalue weighted by Gasteiger charge is 2.34. The van der Waals surface area contributed by atoms with Gasteiger partial charge in [-0.1, -0.05) is 24.8 Å². The monoisotopic (exact) mass is 470 g/mol. The maximum Gasteiger partial charge on any atom is 0.417 e. The molecule has 0 fully saturated rings. The Kier molecular flexibility index (Phi) is 7.83. The van der Waals surface area contributed by atoms with Gasteiger partial charge in [0.05, 0.1) is 28.4 Å². The largest absolute Gasteiger partial charge is 0.490 e. The lowest BCUT2D eigenvalue weighted by atomic mass is 10.1. The number of hydrogen-bond donors (Lipinski definition) is 1. The molecule has 0 aliphatic heterocycles. The molecule has 5 nitrogen and oxygen atoms in total. The van der Waals surface area contributed by atoms with E-state index in [0.29, 0.717) is 28.1 Å². The summed E-state index contributed by atoms with van der Waals surface area (Å²) in [5, 5.41) is 3.75. The number of hydrogen-bond acceptors (Lipinski definition) is 4. The molecule has 9 heteroatoms. The van der Waals surface area contributed by atoms with E-state index in [4.69, 9.17) is 9.47 Å². The van der Waals surface area contributed by atoms with Gasteiger partial charge in [0.15, 0.2) is 11.5 Å². The number of hydrazone groups is 1. The Balaban J connectivity index is 2.20. The van der Waals surface area contributed by atoms with Gasteiger partial charge in [-0.25, -0.2) is 5.43 Å². The highest BCUT2D eigenvalue weighted by atomic mass is 79.9. The molecule has 154 valence electrons. The van der Waals surface area contributed by atoms with Gasteiger partial charge in [-0.15, -0.1) is 0 Å². The molecule has 0 saturated carbocycles. The van der Waals surface area contributed by atoms with E-state index in [-0.39, 0.29) is 6.61 Å². The first-order valence-electron chi connectivity index (χ1n) is 8.47. The van der Waals surface area contributed by atoms with Crippen molar-refractivity contribution < 1.29 is 27.4 Å². The molecular formula is C20H18BrF3N2O3. The minimum atomic E-state index is -4.64. The fourth-order valence-electron chi connectivity index (χ4n) is 2.36. The van der Waals surface area contributed by atoms with Crippen molar-refractivity contribution in [1.82, 2.24) is 5.43 Å². The number of carbonyl (C=O) groups is 1. The van der Waals surface area contributed by atoms with Crippen LogP contribution in [0, 0.1) is 0 Å². The van der Waals surface area contributed by atoms with Crippen molar-refractivity contribution in [3.05, 3.63) is 70.2 Å². The summed E-state index contributed by atoms with van der Waals surface area (Å²) in [7, 11) is 0. The Bertz CT molecular complexity index is 914. The Labute approximate surface area is 174 Å². The summed E-state index contributed by atoms with van der Waals surface area (Å²) in [6.07, 6.45) is -1.76. The van der Waals surface area contributed by atoms with Crippen LogP contribution in [0.5, 0.6) is 11.5 Å². The van der Waals surface area contributed by atoms with Gasteiger partial charge >= 0.3 is 6.18 Å². The molecule has 0 heterocycles. The fraction of sp³-hybridized carbons (Fsp3) is 0.200. The topological polar surface area (TPSA) is 59.9 Å². The second-order valence-corrected chi connectivity index (χ2v) is 6.46. The lowest BCUT2D eigenvalue weighted by Gasteiger charge is -2.13. The van der Waals surface area contributed by atoms with Crippen molar-refractivity contribution in [3.63, 3.8) is 0 Å². The fourth-order valence-corrected chi connectivity index (χ4v) is 2.94. The highest BCUT2D eigenvalue weighted by Crippen LogP contribution is 2.36. The van der Waals surface area contributed by atoms with E-state index < -0.39 is 23.2 Å². The number of nitrogens with zero attached hydrogens (tertiary/aromatic N) is 1. The predicted octanol–water partition coefficient (Wildman–Crippen LogP) is 5.20. The number of alkyl halides is 3. The van der Waals surface area contributed by atoms with Crippen molar-refractivity contribution in [2.24, 2.45) is 5.10 Å². The summed E-state index contributed by atoms with van der Waals surface area (Å²) >= 11 is 3.37. The van der Waals surface area contributed by atoms with Gasteiger partial charge in [0, 0.05) is 0 Å². The molecule has 0 saturated heterocycles. The number of ether oxygens (including phenoxy) is 2. The van der Waals surface area contributed by atoms with Crippen molar-refractivity contribution in [3.8, 4) is 11.5 Å². The molecule has 0 aliphatic rings. The second-order valence-electron chi connectivity index (χ2n) is 5.61.